The highest BCUT2D eigenvalue weighted by Crippen LogP contribution is 2.51. The van der Waals surface area contributed by atoms with Crippen LogP contribution in [0.15, 0.2) is 30.3 Å². The van der Waals surface area contributed by atoms with E-state index < -0.39 is 0 Å². The Labute approximate surface area is 137 Å². The van der Waals surface area contributed by atoms with Gasteiger partial charge in [0.1, 0.15) is 12.2 Å². The highest BCUT2D eigenvalue weighted by molar-refractivity contribution is 5.96. The first-order valence-corrected chi connectivity index (χ1v) is 7.53. The molecule has 3 rings (SSSR count). The second kappa shape index (κ2) is 5.34. The summed E-state index contributed by atoms with van der Waals surface area (Å²) in [5.74, 6) is 0. The van der Waals surface area contributed by atoms with Crippen LogP contribution in [0.4, 0.5) is 22.7 Å². The van der Waals surface area contributed by atoms with Gasteiger partial charge in [-0.2, -0.15) is 5.26 Å². The van der Waals surface area contributed by atoms with E-state index in [0.29, 0.717) is 11.3 Å². The Kier molecular flexibility index (Phi) is 3.47. The molecule has 0 fully saturated rings. The maximum atomic E-state index is 9.44. The molecule has 0 saturated heterocycles. The molecule has 1 aliphatic rings. The monoisotopic (exact) mass is 302 g/mol. The molecule has 4 heteroatoms. The van der Waals surface area contributed by atoms with Gasteiger partial charge in [0.15, 0.2) is 0 Å². The predicted octanol–water partition coefficient (Wildman–Crippen LogP) is 4.66. The number of hydrogen-bond donors (Lipinski definition) is 0. The Hall–Kier alpha value is -2.98. The summed E-state index contributed by atoms with van der Waals surface area (Å²) in [6, 6.07) is 12.1. The van der Waals surface area contributed by atoms with Crippen LogP contribution in [0, 0.1) is 31.8 Å². The minimum atomic E-state index is 0.0430. The van der Waals surface area contributed by atoms with Crippen LogP contribution in [0.3, 0.4) is 0 Å². The molecule has 4 nitrogen and oxygen atoms in total. The highest BCUT2D eigenvalue weighted by Gasteiger charge is 2.36. The zero-order valence-electron chi connectivity index (χ0n) is 13.8. The topological polar surface area (TPSA) is 34.6 Å². The van der Waals surface area contributed by atoms with Crippen LogP contribution in [0.1, 0.15) is 23.6 Å². The summed E-state index contributed by atoms with van der Waals surface area (Å²) in [6.45, 7) is 13.8. The van der Waals surface area contributed by atoms with Crippen molar-refractivity contribution < 1.29 is 0 Å². The summed E-state index contributed by atoms with van der Waals surface area (Å²) in [6.07, 6.45) is 0.0430. The molecule has 0 N–H and O–H groups in total. The lowest BCUT2D eigenvalue weighted by atomic mass is 10.1. The minimum absolute atomic E-state index is 0.0430. The van der Waals surface area contributed by atoms with Crippen molar-refractivity contribution in [1.29, 1.82) is 5.26 Å². The van der Waals surface area contributed by atoms with E-state index in [0.717, 1.165) is 22.6 Å². The van der Waals surface area contributed by atoms with E-state index in [9.17, 15) is 5.26 Å². The first-order valence-electron chi connectivity index (χ1n) is 7.53. The van der Waals surface area contributed by atoms with Crippen molar-refractivity contribution in [2.75, 3.05) is 16.8 Å². The second-order valence-corrected chi connectivity index (χ2v) is 5.96. The third-order valence-electron chi connectivity index (χ3n) is 4.51. The Morgan fingerprint density at radius 3 is 2.52 bits per heavy atom. The number of nitriles is 1. The van der Waals surface area contributed by atoms with Crippen molar-refractivity contribution in [1.82, 2.24) is 0 Å². The summed E-state index contributed by atoms with van der Waals surface area (Å²) in [7, 11) is 1.97. The maximum absolute atomic E-state index is 9.44. The highest BCUT2D eigenvalue weighted by atomic mass is 15.4. The molecule has 0 aromatic heterocycles. The van der Waals surface area contributed by atoms with E-state index in [1.807, 2.05) is 7.05 Å². The van der Waals surface area contributed by atoms with Gasteiger partial charge in [-0.05, 0) is 32.4 Å². The smallest absolute Gasteiger partial charge is 0.212 e. The number of rotatable bonds is 1. The second-order valence-electron chi connectivity index (χ2n) is 5.96. The van der Waals surface area contributed by atoms with Crippen molar-refractivity contribution in [2.24, 2.45) is 0 Å². The third kappa shape index (κ3) is 2.12. The molecule has 0 amide bonds. The van der Waals surface area contributed by atoms with E-state index in [1.165, 1.54) is 5.56 Å². The van der Waals surface area contributed by atoms with Crippen LogP contribution in [0.2, 0.25) is 0 Å². The SMILES string of the molecule is [C-]#[N+]c1ccc(C#N)c2c1N(c1ccc(C)cc1C)[C@@H](C)N2C. The van der Waals surface area contributed by atoms with E-state index in [1.54, 1.807) is 12.1 Å². The largest absolute Gasteiger partial charge is 0.353 e. The Morgan fingerprint density at radius 1 is 1.17 bits per heavy atom. The van der Waals surface area contributed by atoms with Crippen LogP contribution in [0.5, 0.6) is 0 Å². The first kappa shape index (κ1) is 14.9. The van der Waals surface area contributed by atoms with Crippen molar-refractivity contribution in [2.45, 2.75) is 26.9 Å². The van der Waals surface area contributed by atoms with Gasteiger partial charge in [0.05, 0.1) is 23.5 Å². The standard InChI is InChI=1S/C19H18N4/c1-12-6-9-17(13(2)10-12)23-14(3)22(5)18-15(11-20)7-8-16(21-4)19(18)23/h6-10,14H,1-3,5H3/t14-/m0/s1. The Balaban J connectivity index is 2.31. The summed E-state index contributed by atoms with van der Waals surface area (Å²) in [4.78, 5) is 7.92. The minimum Gasteiger partial charge on any atom is -0.353 e. The Morgan fingerprint density at radius 2 is 1.91 bits per heavy atom. The van der Waals surface area contributed by atoms with E-state index in [-0.39, 0.29) is 6.17 Å². The molecular weight excluding hydrogens is 284 g/mol. The first-order chi connectivity index (χ1) is 11.0. The zero-order chi connectivity index (χ0) is 16.7. The summed E-state index contributed by atoms with van der Waals surface area (Å²) in [5, 5.41) is 9.44. The predicted molar refractivity (Wildman–Crippen MR) is 93.3 cm³/mol. The van der Waals surface area contributed by atoms with Gasteiger partial charge in [-0.1, -0.05) is 29.8 Å². The molecule has 0 bridgehead atoms. The van der Waals surface area contributed by atoms with Gasteiger partial charge in [-0.3, -0.25) is 0 Å². The van der Waals surface area contributed by atoms with Gasteiger partial charge in [0.2, 0.25) is 5.69 Å². The lowest BCUT2D eigenvalue weighted by Crippen LogP contribution is -2.36. The van der Waals surface area contributed by atoms with Gasteiger partial charge in [0, 0.05) is 12.7 Å². The van der Waals surface area contributed by atoms with Crippen molar-refractivity contribution in [3.63, 3.8) is 0 Å². The van der Waals surface area contributed by atoms with Gasteiger partial charge in [-0.15, -0.1) is 0 Å². The van der Waals surface area contributed by atoms with Crippen molar-refractivity contribution in [3.05, 3.63) is 58.4 Å². The number of benzene rings is 2. The third-order valence-corrected chi connectivity index (χ3v) is 4.51. The molecule has 0 aliphatic carbocycles. The van der Waals surface area contributed by atoms with E-state index >= 15 is 0 Å². The van der Waals surface area contributed by atoms with Crippen molar-refractivity contribution in [3.8, 4) is 6.07 Å². The van der Waals surface area contributed by atoms with Crippen LogP contribution >= 0.6 is 0 Å². The van der Waals surface area contributed by atoms with Gasteiger partial charge < -0.3 is 9.80 Å². The average Bonchev–Trinajstić information content (AvgIpc) is 2.80. The zero-order valence-corrected chi connectivity index (χ0v) is 13.8. The fourth-order valence-electron chi connectivity index (χ4n) is 3.29. The van der Waals surface area contributed by atoms with Crippen LogP contribution in [-0.2, 0) is 0 Å². The van der Waals surface area contributed by atoms with Crippen LogP contribution in [-0.4, -0.2) is 13.2 Å². The molecule has 1 aliphatic heterocycles. The van der Waals surface area contributed by atoms with Crippen molar-refractivity contribution >= 4 is 22.7 Å². The normalized spacial score (nSPS) is 16.0. The molecule has 1 heterocycles. The molecule has 0 spiro atoms. The summed E-state index contributed by atoms with van der Waals surface area (Å²) < 4.78 is 0. The van der Waals surface area contributed by atoms with Crippen LogP contribution in [0.25, 0.3) is 4.85 Å². The average molecular weight is 302 g/mol. The molecule has 23 heavy (non-hydrogen) atoms. The van der Waals surface area contributed by atoms with E-state index in [2.05, 4.69) is 59.7 Å². The maximum Gasteiger partial charge on any atom is 0.212 e. The lowest BCUT2D eigenvalue weighted by Gasteiger charge is -2.29. The number of hydrogen-bond acceptors (Lipinski definition) is 3. The summed E-state index contributed by atoms with van der Waals surface area (Å²) >= 11 is 0. The molecule has 2 aromatic rings. The fourth-order valence-corrected chi connectivity index (χ4v) is 3.29. The molecule has 0 saturated carbocycles. The molecule has 0 unspecified atom stereocenters. The quantitative estimate of drug-likeness (QED) is 0.719. The Bertz CT molecular complexity index is 870. The molecular formula is C19H18N4. The van der Waals surface area contributed by atoms with Crippen LogP contribution < -0.4 is 9.80 Å². The van der Waals surface area contributed by atoms with Gasteiger partial charge in [-0.25, -0.2) is 4.85 Å². The molecule has 1 atom stereocenters. The number of anilines is 3. The van der Waals surface area contributed by atoms with E-state index in [4.69, 9.17) is 6.57 Å². The number of aryl methyl sites for hydroxylation is 2. The number of fused-ring (bicyclic) bond motifs is 1. The molecule has 2 aromatic carbocycles. The molecule has 0 radical (unpaired) electrons. The van der Waals surface area contributed by atoms with Gasteiger partial charge >= 0.3 is 0 Å². The molecule has 114 valence electrons. The number of nitrogens with zero attached hydrogens (tertiary/aromatic N) is 4. The van der Waals surface area contributed by atoms with Gasteiger partial charge in [0.25, 0.3) is 0 Å². The summed E-state index contributed by atoms with van der Waals surface area (Å²) in [5.41, 5.74) is 6.31. The lowest BCUT2D eigenvalue weighted by molar-refractivity contribution is 0.732. The fraction of sp³-hybridized carbons (Fsp3) is 0.263.